The molecule has 1 aromatic carbocycles. The number of hydrogen-bond acceptors (Lipinski definition) is 2. The van der Waals surface area contributed by atoms with Crippen LogP contribution >= 0.6 is 0 Å². The average Bonchev–Trinajstić information content (AvgIpc) is 2.27. The summed E-state index contributed by atoms with van der Waals surface area (Å²) >= 11 is 0. The zero-order valence-corrected chi connectivity index (χ0v) is 10.7. The summed E-state index contributed by atoms with van der Waals surface area (Å²) in [5.41, 5.74) is 1.90. The van der Waals surface area contributed by atoms with E-state index in [2.05, 4.69) is 20.8 Å². The van der Waals surface area contributed by atoms with Gasteiger partial charge in [0.1, 0.15) is 5.75 Å². The molecule has 0 fully saturated rings. The van der Waals surface area contributed by atoms with Gasteiger partial charge in [-0.3, -0.25) is 4.79 Å². The van der Waals surface area contributed by atoms with E-state index in [4.69, 9.17) is 5.11 Å². The third-order valence-corrected chi connectivity index (χ3v) is 3.35. The fourth-order valence-electron chi connectivity index (χ4n) is 1.65. The molecule has 0 spiro atoms. The minimum atomic E-state index is -0.843. The lowest BCUT2D eigenvalue weighted by molar-refractivity contribution is -0.136. The van der Waals surface area contributed by atoms with Gasteiger partial charge in [-0.1, -0.05) is 32.9 Å². The number of aliphatic carboxylic acids is 1. The van der Waals surface area contributed by atoms with Crippen molar-refractivity contribution in [1.29, 1.82) is 0 Å². The van der Waals surface area contributed by atoms with Crippen molar-refractivity contribution in [3.8, 4) is 5.75 Å². The Kier molecular flexibility index (Phi) is 4.16. The van der Waals surface area contributed by atoms with Crippen molar-refractivity contribution >= 4 is 5.97 Å². The molecule has 2 N–H and O–H groups in total. The van der Waals surface area contributed by atoms with Gasteiger partial charge in [0.05, 0.1) is 0 Å². The maximum Gasteiger partial charge on any atom is 0.303 e. The lowest BCUT2D eigenvalue weighted by atomic mass is 9.81. The van der Waals surface area contributed by atoms with Crippen molar-refractivity contribution in [2.24, 2.45) is 0 Å². The van der Waals surface area contributed by atoms with Crippen LogP contribution in [0.15, 0.2) is 18.2 Å². The second kappa shape index (κ2) is 5.21. The first-order valence-corrected chi connectivity index (χ1v) is 5.91. The number of carbonyl (C=O) groups is 1. The van der Waals surface area contributed by atoms with Crippen molar-refractivity contribution in [1.82, 2.24) is 0 Å². The quantitative estimate of drug-likeness (QED) is 0.826. The van der Waals surface area contributed by atoms with E-state index in [0.29, 0.717) is 12.0 Å². The molecular weight excluding hydrogens is 216 g/mol. The highest BCUT2D eigenvalue weighted by Crippen LogP contribution is 2.30. The standard InChI is InChI=1S/C14H20O3/c1-4-14(2,3)11-6-7-12(15)10(9-11)5-8-13(16)17/h6-7,9,15H,4-5,8H2,1-3H3,(H,16,17). The highest BCUT2D eigenvalue weighted by atomic mass is 16.4. The molecule has 0 radical (unpaired) electrons. The van der Waals surface area contributed by atoms with Gasteiger partial charge in [0.15, 0.2) is 0 Å². The molecule has 0 aliphatic rings. The van der Waals surface area contributed by atoms with E-state index in [9.17, 15) is 9.90 Å². The van der Waals surface area contributed by atoms with Crippen molar-refractivity contribution < 1.29 is 15.0 Å². The number of aromatic hydroxyl groups is 1. The molecule has 0 aliphatic carbocycles. The zero-order chi connectivity index (χ0) is 13.1. The predicted octanol–water partition coefficient (Wildman–Crippen LogP) is 3.10. The molecule has 0 aliphatic heterocycles. The molecule has 17 heavy (non-hydrogen) atoms. The van der Waals surface area contributed by atoms with Gasteiger partial charge in [-0.2, -0.15) is 0 Å². The Bertz CT molecular complexity index is 408. The second-order valence-electron chi connectivity index (χ2n) is 4.97. The summed E-state index contributed by atoms with van der Waals surface area (Å²) in [5.74, 6) is -0.661. The summed E-state index contributed by atoms with van der Waals surface area (Å²) < 4.78 is 0. The summed E-state index contributed by atoms with van der Waals surface area (Å²) in [5, 5.41) is 18.4. The van der Waals surface area contributed by atoms with Crippen LogP contribution < -0.4 is 0 Å². The summed E-state index contributed by atoms with van der Waals surface area (Å²) in [6, 6.07) is 5.48. The highest BCUT2D eigenvalue weighted by Gasteiger charge is 2.19. The van der Waals surface area contributed by atoms with E-state index in [-0.39, 0.29) is 17.6 Å². The van der Waals surface area contributed by atoms with E-state index >= 15 is 0 Å². The number of phenolic OH excluding ortho intramolecular Hbond substituents is 1. The second-order valence-corrected chi connectivity index (χ2v) is 4.97. The maximum atomic E-state index is 10.5. The van der Waals surface area contributed by atoms with Gasteiger partial charge in [0, 0.05) is 6.42 Å². The molecule has 0 unspecified atom stereocenters. The van der Waals surface area contributed by atoms with Crippen LogP contribution in [0.5, 0.6) is 5.75 Å². The molecule has 0 heterocycles. The number of benzene rings is 1. The Labute approximate surface area is 102 Å². The number of hydrogen-bond donors (Lipinski definition) is 2. The number of phenols is 1. The molecule has 0 bridgehead atoms. The smallest absolute Gasteiger partial charge is 0.303 e. The molecule has 0 saturated carbocycles. The summed E-state index contributed by atoms with van der Waals surface area (Å²) in [6.07, 6.45) is 1.41. The lowest BCUT2D eigenvalue weighted by Crippen LogP contribution is -2.15. The predicted molar refractivity (Wildman–Crippen MR) is 67.4 cm³/mol. The van der Waals surface area contributed by atoms with Gasteiger partial charge in [0.2, 0.25) is 0 Å². The lowest BCUT2D eigenvalue weighted by Gasteiger charge is -2.24. The number of rotatable bonds is 5. The molecule has 1 rings (SSSR count). The molecule has 3 nitrogen and oxygen atoms in total. The number of aryl methyl sites for hydroxylation is 1. The molecule has 0 atom stereocenters. The molecule has 0 saturated heterocycles. The van der Waals surface area contributed by atoms with Crippen LogP contribution in [0.1, 0.15) is 44.7 Å². The van der Waals surface area contributed by atoms with Gasteiger partial charge < -0.3 is 10.2 Å². The summed E-state index contributed by atoms with van der Waals surface area (Å²) in [7, 11) is 0. The Morgan fingerprint density at radius 3 is 2.53 bits per heavy atom. The first-order chi connectivity index (χ1) is 7.86. The van der Waals surface area contributed by atoms with Crippen LogP contribution in [-0.4, -0.2) is 16.2 Å². The Balaban J connectivity index is 2.98. The van der Waals surface area contributed by atoms with Crippen LogP contribution in [-0.2, 0) is 16.6 Å². The van der Waals surface area contributed by atoms with Crippen molar-refractivity contribution in [3.63, 3.8) is 0 Å². The summed E-state index contributed by atoms with van der Waals surface area (Å²) in [4.78, 5) is 10.5. The fraction of sp³-hybridized carbons (Fsp3) is 0.500. The minimum absolute atomic E-state index is 0.0452. The van der Waals surface area contributed by atoms with Gasteiger partial charge >= 0.3 is 5.97 Å². The van der Waals surface area contributed by atoms with Gasteiger partial charge in [-0.25, -0.2) is 0 Å². The Morgan fingerprint density at radius 2 is 2.00 bits per heavy atom. The zero-order valence-electron chi connectivity index (χ0n) is 10.7. The maximum absolute atomic E-state index is 10.5. The monoisotopic (exact) mass is 236 g/mol. The number of carboxylic acids is 1. The van der Waals surface area contributed by atoms with E-state index < -0.39 is 5.97 Å². The van der Waals surface area contributed by atoms with Crippen LogP contribution in [0.25, 0.3) is 0 Å². The Morgan fingerprint density at radius 1 is 1.35 bits per heavy atom. The average molecular weight is 236 g/mol. The van der Waals surface area contributed by atoms with Gasteiger partial charge in [-0.05, 0) is 35.4 Å². The largest absolute Gasteiger partial charge is 0.508 e. The topological polar surface area (TPSA) is 57.5 Å². The van der Waals surface area contributed by atoms with E-state index in [0.717, 1.165) is 12.0 Å². The van der Waals surface area contributed by atoms with Gasteiger partial charge in [-0.15, -0.1) is 0 Å². The molecule has 1 aromatic rings. The molecule has 94 valence electrons. The van der Waals surface area contributed by atoms with Crippen molar-refractivity contribution in [2.45, 2.75) is 45.4 Å². The van der Waals surface area contributed by atoms with Crippen LogP contribution in [0.3, 0.4) is 0 Å². The minimum Gasteiger partial charge on any atom is -0.508 e. The van der Waals surface area contributed by atoms with Crippen LogP contribution in [0.2, 0.25) is 0 Å². The Hall–Kier alpha value is -1.51. The SMILES string of the molecule is CCC(C)(C)c1ccc(O)c(CCC(=O)O)c1. The molecule has 3 heteroatoms. The van der Waals surface area contributed by atoms with E-state index in [1.54, 1.807) is 6.07 Å². The van der Waals surface area contributed by atoms with E-state index in [1.807, 2.05) is 12.1 Å². The third kappa shape index (κ3) is 3.48. The van der Waals surface area contributed by atoms with Crippen LogP contribution in [0, 0.1) is 0 Å². The molecule has 0 aromatic heterocycles. The van der Waals surface area contributed by atoms with Crippen molar-refractivity contribution in [3.05, 3.63) is 29.3 Å². The number of carboxylic acid groups (broad SMARTS) is 1. The van der Waals surface area contributed by atoms with Crippen molar-refractivity contribution in [2.75, 3.05) is 0 Å². The van der Waals surface area contributed by atoms with E-state index in [1.165, 1.54) is 0 Å². The highest BCUT2D eigenvalue weighted by molar-refractivity contribution is 5.67. The third-order valence-electron chi connectivity index (χ3n) is 3.35. The fourth-order valence-corrected chi connectivity index (χ4v) is 1.65. The van der Waals surface area contributed by atoms with Gasteiger partial charge in [0.25, 0.3) is 0 Å². The molecular formula is C14H20O3. The van der Waals surface area contributed by atoms with Crippen LogP contribution in [0.4, 0.5) is 0 Å². The first-order valence-electron chi connectivity index (χ1n) is 5.91. The molecule has 0 amide bonds. The summed E-state index contributed by atoms with van der Waals surface area (Å²) in [6.45, 7) is 6.39. The first kappa shape index (κ1) is 13.6. The normalized spacial score (nSPS) is 11.5.